The second-order valence-corrected chi connectivity index (χ2v) is 8.18. The van der Waals surface area contributed by atoms with E-state index < -0.39 is 42.8 Å². The summed E-state index contributed by atoms with van der Waals surface area (Å²) in [5.41, 5.74) is 0.942. The number of ether oxygens (including phenoxy) is 2. The van der Waals surface area contributed by atoms with Gasteiger partial charge in [-0.2, -0.15) is 0 Å². The zero-order valence-electron chi connectivity index (χ0n) is 21.1. The normalized spacial score (nSPS) is 23.6. The molecule has 0 saturated heterocycles. The number of carbonyl (C=O) groups excluding carboxylic acids is 3. The molecule has 1 aromatic carbocycles. The van der Waals surface area contributed by atoms with Gasteiger partial charge in [0.25, 0.3) is 0 Å². The standard InChI is InChI=1S/C27H32N2O9/c1-18-10-11-19-6-3-8-23(32)26(19)27(35)38-20(7-4-14-28-24(33)9-5-15-29-36-2)16-25(34)37-21(17-30)12-13-22(18)31/h3-6,8-10,12-15,20-22,30-32H,7,11,16-17H2,1-2H3,(H,28,33)/b9-5-,13-12-,14-4+,18-10-,29-15+. The molecule has 2 rings (SSSR count). The Morgan fingerprint density at radius 1 is 1.26 bits per heavy atom. The lowest BCUT2D eigenvalue weighted by atomic mass is 10.0. The molecule has 0 aliphatic carbocycles. The van der Waals surface area contributed by atoms with Gasteiger partial charge in [-0.05, 0) is 42.7 Å². The number of benzene rings is 1. The smallest absolute Gasteiger partial charge is 0.342 e. The summed E-state index contributed by atoms with van der Waals surface area (Å²) >= 11 is 0. The molecule has 204 valence electrons. The van der Waals surface area contributed by atoms with Crippen LogP contribution in [-0.4, -0.2) is 71.4 Å². The second-order valence-electron chi connectivity index (χ2n) is 8.18. The number of hydrogen-bond donors (Lipinski definition) is 4. The highest BCUT2D eigenvalue weighted by molar-refractivity contribution is 5.94. The average Bonchev–Trinajstić information content (AvgIpc) is 2.89. The molecule has 1 amide bonds. The summed E-state index contributed by atoms with van der Waals surface area (Å²) < 4.78 is 10.8. The van der Waals surface area contributed by atoms with Crippen LogP contribution in [0.15, 0.2) is 71.6 Å². The van der Waals surface area contributed by atoms with E-state index >= 15 is 0 Å². The Morgan fingerprint density at radius 3 is 2.79 bits per heavy atom. The molecule has 11 nitrogen and oxygen atoms in total. The minimum atomic E-state index is -1.02. The van der Waals surface area contributed by atoms with Gasteiger partial charge in [-0.1, -0.05) is 35.5 Å². The first-order valence-corrected chi connectivity index (χ1v) is 11.8. The minimum absolute atomic E-state index is 0.0241. The summed E-state index contributed by atoms with van der Waals surface area (Å²) in [4.78, 5) is 41.9. The molecule has 1 aliphatic rings. The first-order valence-electron chi connectivity index (χ1n) is 11.8. The van der Waals surface area contributed by atoms with Crippen molar-refractivity contribution in [1.29, 1.82) is 0 Å². The quantitative estimate of drug-likeness (QED) is 0.136. The van der Waals surface area contributed by atoms with E-state index in [1.165, 1.54) is 56.0 Å². The Balaban J connectivity index is 2.28. The number of hydrogen-bond acceptors (Lipinski definition) is 10. The van der Waals surface area contributed by atoms with Gasteiger partial charge in [0.1, 0.15) is 30.6 Å². The van der Waals surface area contributed by atoms with Gasteiger partial charge in [-0.3, -0.25) is 9.59 Å². The van der Waals surface area contributed by atoms with Crippen molar-refractivity contribution in [2.45, 2.75) is 44.5 Å². The van der Waals surface area contributed by atoms with Crippen LogP contribution in [-0.2, 0) is 30.3 Å². The van der Waals surface area contributed by atoms with Crippen LogP contribution in [0.2, 0.25) is 0 Å². The average molecular weight is 529 g/mol. The molecule has 38 heavy (non-hydrogen) atoms. The second kappa shape index (κ2) is 15.8. The fourth-order valence-electron chi connectivity index (χ4n) is 3.32. The van der Waals surface area contributed by atoms with E-state index in [0.717, 1.165) is 0 Å². The minimum Gasteiger partial charge on any atom is -0.507 e. The molecule has 1 aromatic rings. The third-order valence-corrected chi connectivity index (χ3v) is 5.32. The van der Waals surface area contributed by atoms with Crippen molar-refractivity contribution in [1.82, 2.24) is 5.32 Å². The Kier molecular flexibility index (Phi) is 12.5. The SMILES string of the molecule is CO/N=C/C=C\C(=O)N/C=C/CC1CC(=O)OC(CO)/C=C\C(O)/C(C)=C\Cc2cccc(O)c2C(=O)O1. The number of phenols is 1. The van der Waals surface area contributed by atoms with E-state index in [1.807, 2.05) is 0 Å². The fraction of sp³-hybridized carbons (Fsp3) is 0.333. The van der Waals surface area contributed by atoms with Crippen molar-refractivity contribution >= 4 is 24.1 Å². The maximum absolute atomic E-state index is 13.1. The number of aromatic hydroxyl groups is 1. The Labute approximate surface area is 220 Å². The zero-order chi connectivity index (χ0) is 27.9. The molecule has 3 unspecified atom stereocenters. The van der Waals surface area contributed by atoms with Crippen LogP contribution < -0.4 is 5.32 Å². The highest BCUT2D eigenvalue weighted by Gasteiger charge is 2.25. The zero-order valence-corrected chi connectivity index (χ0v) is 21.1. The number of amides is 1. The Bertz CT molecular complexity index is 1120. The monoisotopic (exact) mass is 528 g/mol. The maximum Gasteiger partial charge on any atom is 0.342 e. The van der Waals surface area contributed by atoms with Gasteiger partial charge in [-0.15, -0.1) is 0 Å². The predicted molar refractivity (Wildman–Crippen MR) is 138 cm³/mol. The maximum atomic E-state index is 13.1. The fourth-order valence-corrected chi connectivity index (χ4v) is 3.32. The molecule has 3 atom stereocenters. The number of aliphatic hydroxyl groups excluding tert-OH is 2. The highest BCUT2D eigenvalue weighted by atomic mass is 16.6. The summed E-state index contributed by atoms with van der Waals surface area (Å²) in [5.74, 6) is -2.37. The van der Waals surface area contributed by atoms with Crippen molar-refractivity contribution in [2.24, 2.45) is 5.16 Å². The topological polar surface area (TPSA) is 164 Å². The molecule has 0 radical (unpaired) electrons. The number of aliphatic hydroxyl groups is 2. The molecule has 1 aliphatic heterocycles. The number of nitrogens with zero attached hydrogens (tertiary/aromatic N) is 1. The van der Waals surface area contributed by atoms with Crippen LogP contribution in [0.1, 0.15) is 35.7 Å². The molecule has 0 bridgehead atoms. The van der Waals surface area contributed by atoms with Gasteiger partial charge >= 0.3 is 11.9 Å². The molecular weight excluding hydrogens is 496 g/mol. The number of esters is 2. The van der Waals surface area contributed by atoms with E-state index in [-0.39, 0.29) is 30.6 Å². The van der Waals surface area contributed by atoms with Gasteiger partial charge in [0.2, 0.25) is 5.91 Å². The van der Waals surface area contributed by atoms with E-state index in [0.29, 0.717) is 11.1 Å². The van der Waals surface area contributed by atoms with Crippen molar-refractivity contribution in [3.8, 4) is 5.75 Å². The molecule has 11 heteroatoms. The van der Waals surface area contributed by atoms with Gasteiger partial charge < -0.3 is 34.9 Å². The van der Waals surface area contributed by atoms with Gasteiger partial charge in [0.05, 0.1) is 25.3 Å². The van der Waals surface area contributed by atoms with Crippen LogP contribution in [0.5, 0.6) is 5.75 Å². The Morgan fingerprint density at radius 2 is 2.05 bits per heavy atom. The lowest BCUT2D eigenvalue weighted by molar-refractivity contribution is -0.150. The van der Waals surface area contributed by atoms with Crippen LogP contribution in [0.3, 0.4) is 0 Å². The van der Waals surface area contributed by atoms with Crippen LogP contribution in [0.4, 0.5) is 0 Å². The van der Waals surface area contributed by atoms with Crippen molar-refractivity contribution < 1.29 is 44.0 Å². The molecule has 0 fully saturated rings. The third-order valence-electron chi connectivity index (χ3n) is 5.32. The first kappa shape index (κ1) is 30.0. The lowest BCUT2D eigenvalue weighted by Gasteiger charge is -2.19. The largest absolute Gasteiger partial charge is 0.507 e. The molecule has 4 N–H and O–H groups in total. The van der Waals surface area contributed by atoms with Crippen LogP contribution in [0.25, 0.3) is 0 Å². The van der Waals surface area contributed by atoms with E-state index in [1.54, 1.807) is 25.1 Å². The number of cyclic esters (lactones) is 2. The van der Waals surface area contributed by atoms with Gasteiger partial charge in [0.15, 0.2) is 0 Å². The van der Waals surface area contributed by atoms with E-state index in [4.69, 9.17) is 9.47 Å². The molecule has 1 heterocycles. The summed E-state index contributed by atoms with van der Waals surface area (Å²) in [5, 5.41) is 36.3. The highest BCUT2D eigenvalue weighted by Crippen LogP contribution is 2.25. The van der Waals surface area contributed by atoms with Gasteiger partial charge in [-0.25, -0.2) is 4.79 Å². The van der Waals surface area contributed by atoms with Gasteiger partial charge in [0, 0.05) is 18.7 Å². The lowest BCUT2D eigenvalue weighted by Crippen LogP contribution is -2.27. The number of phenolic OH excluding ortho intramolecular Hbond substituents is 1. The summed E-state index contributed by atoms with van der Waals surface area (Å²) in [6.45, 7) is 1.16. The van der Waals surface area contributed by atoms with Crippen LogP contribution in [0, 0.1) is 0 Å². The van der Waals surface area contributed by atoms with E-state index in [9.17, 15) is 29.7 Å². The number of carbonyl (C=O) groups is 3. The number of nitrogens with one attached hydrogen (secondary N) is 1. The molecule has 0 saturated carbocycles. The molecular formula is C27H32N2O9. The first-order chi connectivity index (χ1) is 18.2. The van der Waals surface area contributed by atoms with E-state index in [2.05, 4.69) is 15.3 Å². The number of fused-ring (bicyclic) bond motifs is 1. The summed E-state index contributed by atoms with van der Waals surface area (Å²) in [7, 11) is 1.37. The third kappa shape index (κ3) is 10.0. The number of allylic oxidation sites excluding steroid dienone is 2. The number of rotatable bonds is 7. The van der Waals surface area contributed by atoms with Crippen molar-refractivity contribution in [3.05, 3.63) is 77.6 Å². The predicted octanol–water partition coefficient (Wildman–Crippen LogP) is 1.84. The molecule has 0 spiro atoms. The van der Waals surface area contributed by atoms with Crippen molar-refractivity contribution in [2.75, 3.05) is 13.7 Å². The Hall–Kier alpha value is -4.22. The summed E-state index contributed by atoms with van der Waals surface area (Å²) in [6.07, 6.45) is 7.96. The number of oxime groups is 1. The van der Waals surface area contributed by atoms with Crippen LogP contribution >= 0.6 is 0 Å². The van der Waals surface area contributed by atoms with Crippen molar-refractivity contribution in [3.63, 3.8) is 0 Å². The summed E-state index contributed by atoms with van der Waals surface area (Å²) in [6, 6.07) is 4.57. The molecule has 0 aromatic heterocycles.